The van der Waals surface area contributed by atoms with Gasteiger partial charge in [0.05, 0.1) is 18.5 Å². The monoisotopic (exact) mass is 249 g/mol. The third-order valence-corrected chi connectivity index (χ3v) is 2.91. The zero-order chi connectivity index (χ0) is 13.1. The van der Waals surface area contributed by atoms with Gasteiger partial charge in [0, 0.05) is 17.8 Å². The molecular formula is C16H13N2O. The number of benzene rings is 2. The number of nitrogens with zero attached hydrogens (tertiary/aromatic N) is 2. The largest absolute Gasteiger partial charge is 0.497 e. The number of ether oxygens (including phenoxy) is 1. The first-order valence-electron chi connectivity index (χ1n) is 6.04. The van der Waals surface area contributed by atoms with Crippen molar-refractivity contribution in [3.63, 3.8) is 0 Å². The number of rotatable bonds is 3. The molecular weight excluding hydrogens is 236 g/mol. The van der Waals surface area contributed by atoms with Crippen LogP contribution in [0, 0.1) is 6.07 Å². The average Bonchev–Trinajstić information content (AvgIpc) is 2.98. The van der Waals surface area contributed by atoms with Gasteiger partial charge in [0.1, 0.15) is 5.75 Å². The maximum Gasteiger partial charge on any atom is 0.118 e. The maximum atomic E-state index is 5.15. The van der Waals surface area contributed by atoms with E-state index in [0.29, 0.717) is 0 Å². The molecule has 1 radical (unpaired) electrons. The molecule has 0 spiro atoms. The minimum Gasteiger partial charge on any atom is -0.497 e. The molecule has 93 valence electrons. The Hall–Kier alpha value is -2.55. The molecule has 0 amide bonds. The molecule has 0 atom stereocenters. The molecule has 0 aliphatic carbocycles. The van der Waals surface area contributed by atoms with Crippen LogP contribution in [0.2, 0.25) is 0 Å². The lowest BCUT2D eigenvalue weighted by Crippen LogP contribution is -1.94. The SMILES string of the molecule is COc1ccc(-c2ccn(-c3[c]cccc3)n2)cc1. The van der Waals surface area contributed by atoms with E-state index in [-0.39, 0.29) is 0 Å². The zero-order valence-electron chi connectivity index (χ0n) is 10.6. The van der Waals surface area contributed by atoms with E-state index in [1.165, 1.54) is 0 Å². The van der Waals surface area contributed by atoms with Crippen molar-refractivity contribution in [2.24, 2.45) is 0 Å². The van der Waals surface area contributed by atoms with Crippen molar-refractivity contribution < 1.29 is 4.74 Å². The molecule has 3 heteroatoms. The van der Waals surface area contributed by atoms with Crippen LogP contribution in [0.4, 0.5) is 0 Å². The molecule has 0 aliphatic heterocycles. The standard InChI is InChI=1S/C16H13N2O/c1-19-15-9-7-13(8-10-15)16-11-12-18(17-16)14-5-3-2-4-6-14/h2-5,7-12H,1H3. The van der Waals surface area contributed by atoms with Crippen LogP contribution in [-0.4, -0.2) is 16.9 Å². The molecule has 3 nitrogen and oxygen atoms in total. The Morgan fingerprint density at radius 2 is 1.89 bits per heavy atom. The van der Waals surface area contributed by atoms with E-state index in [9.17, 15) is 0 Å². The second kappa shape index (κ2) is 4.98. The van der Waals surface area contributed by atoms with Crippen molar-refractivity contribution in [3.8, 4) is 22.7 Å². The van der Waals surface area contributed by atoms with Gasteiger partial charge in [0.25, 0.3) is 0 Å². The maximum absolute atomic E-state index is 5.15. The smallest absolute Gasteiger partial charge is 0.118 e. The lowest BCUT2D eigenvalue weighted by Gasteiger charge is -2.01. The number of hydrogen-bond acceptors (Lipinski definition) is 2. The van der Waals surface area contributed by atoms with Crippen LogP contribution in [-0.2, 0) is 0 Å². The average molecular weight is 249 g/mol. The number of para-hydroxylation sites is 1. The van der Waals surface area contributed by atoms with Gasteiger partial charge in [-0.15, -0.1) is 0 Å². The van der Waals surface area contributed by atoms with Crippen LogP contribution < -0.4 is 4.74 Å². The van der Waals surface area contributed by atoms with E-state index in [2.05, 4.69) is 11.2 Å². The summed E-state index contributed by atoms with van der Waals surface area (Å²) in [6.07, 6.45) is 1.94. The Labute approximate surface area is 112 Å². The Kier molecular flexibility index (Phi) is 3.02. The lowest BCUT2D eigenvalue weighted by atomic mass is 10.1. The highest BCUT2D eigenvalue weighted by molar-refractivity contribution is 5.60. The Balaban J connectivity index is 1.92. The number of methoxy groups -OCH3 is 1. The van der Waals surface area contributed by atoms with E-state index in [1.807, 2.05) is 65.5 Å². The molecule has 3 aromatic rings. The molecule has 0 saturated carbocycles. The van der Waals surface area contributed by atoms with Crippen LogP contribution in [0.5, 0.6) is 5.75 Å². The third-order valence-electron chi connectivity index (χ3n) is 2.91. The van der Waals surface area contributed by atoms with E-state index in [4.69, 9.17) is 4.74 Å². The minimum absolute atomic E-state index is 0.847. The predicted molar refractivity (Wildman–Crippen MR) is 74.4 cm³/mol. The van der Waals surface area contributed by atoms with Gasteiger partial charge in [-0.2, -0.15) is 5.10 Å². The fourth-order valence-electron chi connectivity index (χ4n) is 1.90. The summed E-state index contributed by atoms with van der Waals surface area (Å²) in [7, 11) is 1.66. The summed E-state index contributed by atoms with van der Waals surface area (Å²) in [6, 6.07) is 20.8. The predicted octanol–water partition coefficient (Wildman–Crippen LogP) is 3.35. The first kappa shape index (κ1) is 11.5. The lowest BCUT2D eigenvalue weighted by molar-refractivity contribution is 0.415. The van der Waals surface area contributed by atoms with Gasteiger partial charge < -0.3 is 4.74 Å². The molecule has 1 heterocycles. The summed E-state index contributed by atoms with van der Waals surface area (Å²) in [5.74, 6) is 0.847. The summed E-state index contributed by atoms with van der Waals surface area (Å²) < 4.78 is 6.97. The van der Waals surface area contributed by atoms with Crippen LogP contribution >= 0.6 is 0 Å². The van der Waals surface area contributed by atoms with E-state index in [0.717, 1.165) is 22.7 Å². The summed E-state index contributed by atoms with van der Waals surface area (Å²) >= 11 is 0. The van der Waals surface area contributed by atoms with Crippen molar-refractivity contribution in [1.82, 2.24) is 9.78 Å². The summed E-state index contributed by atoms with van der Waals surface area (Å²) in [4.78, 5) is 0. The molecule has 19 heavy (non-hydrogen) atoms. The molecule has 3 rings (SSSR count). The Bertz CT molecular complexity index is 657. The first-order valence-corrected chi connectivity index (χ1v) is 6.04. The summed E-state index contributed by atoms with van der Waals surface area (Å²) in [6.45, 7) is 0. The van der Waals surface area contributed by atoms with Crippen molar-refractivity contribution in [3.05, 3.63) is 66.9 Å². The fourth-order valence-corrected chi connectivity index (χ4v) is 1.90. The molecule has 0 bridgehead atoms. The number of hydrogen-bond donors (Lipinski definition) is 0. The normalized spacial score (nSPS) is 10.4. The van der Waals surface area contributed by atoms with Crippen LogP contribution in [0.25, 0.3) is 16.9 Å². The second-order valence-corrected chi connectivity index (χ2v) is 4.12. The minimum atomic E-state index is 0.847. The first-order chi connectivity index (χ1) is 9.36. The topological polar surface area (TPSA) is 27.1 Å². The fraction of sp³-hybridized carbons (Fsp3) is 0.0625. The second-order valence-electron chi connectivity index (χ2n) is 4.12. The molecule has 2 aromatic carbocycles. The van der Waals surface area contributed by atoms with Gasteiger partial charge in [-0.1, -0.05) is 18.2 Å². The molecule has 0 aliphatic rings. The van der Waals surface area contributed by atoms with Gasteiger partial charge in [0.15, 0.2) is 0 Å². The van der Waals surface area contributed by atoms with Crippen molar-refractivity contribution in [2.75, 3.05) is 7.11 Å². The van der Waals surface area contributed by atoms with Crippen LogP contribution in [0.1, 0.15) is 0 Å². The Morgan fingerprint density at radius 1 is 1.05 bits per heavy atom. The van der Waals surface area contributed by atoms with Crippen molar-refractivity contribution >= 4 is 0 Å². The van der Waals surface area contributed by atoms with Gasteiger partial charge >= 0.3 is 0 Å². The highest BCUT2D eigenvalue weighted by Crippen LogP contribution is 2.21. The number of aromatic nitrogens is 2. The van der Waals surface area contributed by atoms with E-state index < -0.39 is 0 Å². The van der Waals surface area contributed by atoms with E-state index >= 15 is 0 Å². The van der Waals surface area contributed by atoms with Gasteiger partial charge in [-0.05, 0) is 36.4 Å². The third kappa shape index (κ3) is 2.36. The van der Waals surface area contributed by atoms with Crippen molar-refractivity contribution in [2.45, 2.75) is 0 Å². The quantitative estimate of drug-likeness (QED) is 0.711. The van der Waals surface area contributed by atoms with Gasteiger partial charge in [0.2, 0.25) is 0 Å². The van der Waals surface area contributed by atoms with Crippen molar-refractivity contribution in [1.29, 1.82) is 0 Å². The van der Waals surface area contributed by atoms with E-state index in [1.54, 1.807) is 7.11 Å². The van der Waals surface area contributed by atoms with Crippen LogP contribution in [0.3, 0.4) is 0 Å². The highest BCUT2D eigenvalue weighted by atomic mass is 16.5. The summed E-state index contributed by atoms with van der Waals surface area (Å²) in [5, 5.41) is 4.55. The molecule has 0 unspecified atom stereocenters. The molecule has 1 aromatic heterocycles. The van der Waals surface area contributed by atoms with Gasteiger partial charge in [-0.25, -0.2) is 4.68 Å². The molecule has 0 saturated heterocycles. The highest BCUT2D eigenvalue weighted by Gasteiger charge is 2.03. The van der Waals surface area contributed by atoms with Crippen LogP contribution in [0.15, 0.2) is 60.8 Å². The molecule has 0 N–H and O–H groups in total. The zero-order valence-corrected chi connectivity index (χ0v) is 10.6. The van der Waals surface area contributed by atoms with Gasteiger partial charge in [-0.3, -0.25) is 0 Å². The Morgan fingerprint density at radius 3 is 2.58 bits per heavy atom. The summed E-state index contributed by atoms with van der Waals surface area (Å²) in [5.41, 5.74) is 2.93. The molecule has 0 fully saturated rings.